The summed E-state index contributed by atoms with van der Waals surface area (Å²) >= 11 is 0. The van der Waals surface area contributed by atoms with Crippen LogP contribution < -0.4 is 0 Å². The van der Waals surface area contributed by atoms with Crippen molar-refractivity contribution < 1.29 is 0 Å². The molecule has 4 heteroatoms. The molecule has 2 aliphatic rings. The van der Waals surface area contributed by atoms with Gasteiger partial charge in [-0.2, -0.15) is 0 Å². The van der Waals surface area contributed by atoms with E-state index in [0.29, 0.717) is 17.5 Å². The molecule has 11 rings (SSSR count). The summed E-state index contributed by atoms with van der Waals surface area (Å²) in [4.78, 5) is 15.4. The molecule has 4 nitrogen and oxygen atoms in total. The normalized spacial score (nSPS) is 13.1. The fourth-order valence-corrected chi connectivity index (χ4v) is 8.65. The van der Waals surface area contributed by atoms with Crippen molar-refractivity contribution in [1.82, 2.24) is 19.5 Å². The van der Waals surface area contributed by atoms with Crippen molar-refractivity contribution in [2.45, 2.75) is 19.3 Å². The molecule has 9 aromatic rings. The van der Waals surface area contributed by atoms with Gasteiger partial charge < -0.3 is 4.57 Å². The Balaban J connectivity index is 1.06. The molecule has 2 heterocycles. The summed E-state index contributed by atoms with van der Waals surface area (Å²) in [6.07, 6.45) is 5.32. The largest absolute Gasteiger partial charge is 0.310 e. The molecule has 0 N–H and O–H groups in total. The highest BCUT2D eigenvalue weighted by molar-refractivity contribution is 6.01. The second-order valence-corrected chi connectivity index (χ2v) is 14.3. The molecule has 0 bridgehead atoms. The van der Waals surface area contributed by atoms with Crippen LogP contribution in [0.5, 0.6) is 0 Å². The zero-order valence-electron chi connectivity index (χ0n) is 29.6. The van der Waals surface area contributed by atoms with Gasteiger partial charge in [0.1, 0.15) is 0 Å². The number of hydrogen-bond acceptors (Lipinski definition) is 3. The first-order valence-electron chi connectivity index (χ1n) is 18.7. The molecule has 2 aliphatic carbocycles. The van der Waals surface area contributed by atoms with E-state index in [4.69, 9.17) is 15.0 Å². The minimum atomic E-state index is 0.654. The number of fused-ring (bicyclic) bond motifs is 7. The van der Waals surface area contributed by atoms with Crippen LogP contribution in [0.3, 0.4) is 0 Å². The summed E-state index contributed by atoms with van der Waals surface area (Å²) in [5.74, 6) is 1.99. The summed E-state index contributed by atoms with van der Waals surface area (Å²) in [5.41, 5.74) is 15.8. The predicted molar refractivity (Wildman–Crippen MR) is 221 cm³/mol. The Labute approximate surface area is 313 Å². The van der Waals surface area contributed by atoms with Crippen molar-refractivity contribution in [3.63, 3.8) is 0 Å². The van der Waals surface area contributed by atoms with E-state index in [2.05, 4.69) is 156 Å². The highest BCUT2D eigenvalue weighted by Crippen LogP contribution is 2.41. The molecule has 0 amide bonds. The Morgan fingerprint density at radius 3 is 1.98 bits per heavy atom. The summed E-state index contributed by atoms with van der Waals surface area (Å²) in [6, 6.07) is 58.4. The number of rotatable bonds is 5. The zero-order chi connectivity index (χ0) is 35.6. The highest BCUT2D eigenvalue weighted by Gasteiger charge is 2.24. The van der Waals surface area contributed by atoms with Crippen molar-refractivity contribution in [2.24, 2.45) is 0 Å². The third kappa shape index (κ3) is 5.02. The maximum absolute atomic E-state index is 5.18. The predicted octanol–water partition coefficient (Wildman–Crippen LogP) is 12.0. The van der Waals surface area contributed by atoms with Crippen LogP contribution in [0.25, 0.3) is 84.3 Å². The molecule has 2 aromatic heterocycles. The molecule has 7 aromatic carbocycles. The minimum absolute atomic E-state index is 0.654. The Kier molecular flexibility index (Phi) is 7.02. The zero-order valence-corrected chi connectivity index (χ0v) is 29.6. The van der Waals surface area contributed by atoms with E-state index < -0.39 is 0 Å². The second-order valence-electron chi connectivity index (χ2n) is 14.3. The number of allylic oxidation sites excluding steroid dienone is 1. The van der Waals surface area contributed by atoms with Crippen LogP contribution >= 0.6 is 0 Å². The highest BCUT2D eigenvalue weighted by atomic mass is 15.0. The molecule has 0 fully saturated rings. The van der Waals surface area contributed by atoms with Crippen LogP contribution in [0, 0.1) is 0 Å². The SMILES string of the molecule is C1=C(c2cccc3ccccc23)CCc2c1n(-c1cccc(-c3nc(-c4ccccc4)nc(-c4ccc5c(c4)Cc4ccccc4-5)n3)c1)c1ccccc21. The quantitative estimate of drug-likeness (QED) is 0.181. The van der Waals surface area contributed by atoms with Gasteiger partial charge in [0.2, 0.25) is 0 Å². The topological polar surface area (TPSA) is 43.6 Å². The minimum Gasteiger partial charge on any atom is -0.310 e. The lowest BCUT2D eigenvalue weighted by Crippen LogP contribution is -2.04. The van der Waals surface area contributed by atoms with Gasteiger partial charge in [0.15, 0.2) is 17.5 Å². The molecule has 0 saturated carbocycles. The number of hydrogen-bond donors (Lipinski definition) is 0. The van der Waals surface area contributed by atoms with Gasteiger partial charge in [-0.05, 0) is 99.3 Å². The number of aryl methyl sites for hydroxylation is 1. The van der Waals surface area contributed by atoms with E-state index in [9.17, 15) is 0 Å². The number of para-hydroxylation sites is 1. The molecule has 0 spiro atoms. The van der Waals surface area contributed by atoms with Crippen molar-refractivity contribution in [2.75, 3.05) is 0 Å². The van der Waals surface area contributed by atoms with E-state index in [-0.39, 0.29) is 0 Å². The van der Waals surface area contributed by atoms with Crippen molar-refractivity contribution in [3.05, 3.63) is 192 Å². The van der Waals surface area contributed by atoms with Crippen LogP contribution in [-0.4, -0.2) is 19.5 Å². The molecule has 0 unspecified atom stereocenters. The monoisotopic (exact) mass is 690 g/mol. The molecular weight excluding hydrogens is 657 g/mol. The van der Waals surface area contributed by atoms with Crippen LogP contribution in [0.1, 0.15) is 34.4 Å². The van der Waals surface area contributed by atoms with Crippen LogP contribution in [0.15, 0.2) is 164 Å². The first kappa shape index (κ1) is 30.7. The van der Waals surface area contributed by atoms with Gasteiger partial charge >= 0.3 is 0 Å². The number of benzene rings is 7. The summed E-state index contributed by atoms with van der Waals surface area (Å²) in [5, 5.41) is 3.87. The van der Waals surface area contributed by atoms with Gasteiger partial charge in [0.05, 0.1) is 11.2 Å². The second kappa shape index (κ2) is 12.4. The molecule has 54 heavy (non-hydrogen) atoms. The summed E-state index contributed by atoms with van der Waals surface area (Å²) in [7, 11) is 0. The van der Waals surface area contributed by atoms with E-state index in [1.807, 2.05) is 18.2 Å². The van der Waals surface area contributed by atoms with Crippen molar-refractivity contribution >= 4 is 33.3 Å². The molecule has 0 atom stereocenters. The average Bonchev–Trinajstić information content (AvgIpc) is 3.78. The first-order valence-corrected chi connectivity index (χ1v) is 18.7. The van der Waals surface area contributed by atoms with Crippen molar-refractivity contribution in [3.8, 4) is 51.0 Å². The molecule has 0 aliphatic heterocycles. The van der Waals surface area contributed by atoms with Gasteiger partial charge in [-0.3, -0.25) is 0 Å². The third-order valence-electron chi connectivity index (χ3n) is 11.2. The fraction of sp³-hybridized carbons (Fsp3) is 0.0600. The first-order chi connectivity index (χ1) is 26.7. The molecule has 254 valence electrons. The lowest BCUT2D eigenvalue weighted by Gasteiger charge is -2.19. The Morgan fingerprint density at radius 2 is 1.09 bits per heavy atom. The van der Waals surface area contributed by atoms with Crippen LogP contribution in [0.2, 0.25) is 0 Å². The third-order valence-corrected chi connectivity index (χ3v) is 11.2. The molecule has 0 saturated heterocycles. The smallest absolute Gasteiger partial charge is 0.164 e. The van der Waals surface area contributed by atoms with Crippen molar-refractivity contribution in [1.29, 1.82) is 0 Å². The summed E-state index contributed by atoms with van der Waals surface area (Å²) in [6.45, 7) is 0. The van der Waals surface area contributed by atoms with E-state index in [1.54, 1.807) is 0 Å². The summed E-state index contributed by atoms with van der Waals surface area (Å²) < 4.78 is 2.43. The fourth-order valence-electron chi connectivity index (χ4n) is 8.65. The molecule has 0 radical (unpaired) electrons. The van der Waals surface area contributed by atoms with E-state index in [0.717, 1.165) is 41.6 Å². The maximum Gasteiger partial charge on any atom is 0.164 e. The Morgan fingerprint density at radius 1 is 0.444 bits per heavy atom. The van der Waals surface area contributed by atoms with Gasteiger partial charge in [-0.15, -0.1) is 0 Å². The van der Waals surface area contributed by atoms with Gasteiger partial charge in [-0.1, -0.05) is 140 Å². The molecular formula is C50H34N4. The van der Waals surface area contributed by atoms with Crippen LogP contribution in [0.4, 0.5) is 0 Å². The number of aromatic nitrogens is 4. The number of nitrogens with zero attached hydrogens (tertiary/aromatic N) is 4. The lowest BCUT2D eigenvalue weighted by atomic mass is 9.88. The van der Waals surface area contributed by atoms with Crippen LogP contribution in [-0.2, 0) is 12.8 Å². The standard InChI is InChI=1S/C50H34N4/c1-2-13-33(14-3-1)48-51-49(53-50(52-48)37-25-26-43-38(29-37)28-34-15-5-7-20-41(34)43)36-17-10-18-39(30-36)54-46-23-9-8-21-44(46)45-27-24-35(31-47(45)54)42-22-11-16-32-12-4-6-19-40(32)42/h1-23,25-26,29-31H,24,27-28H2. The van der Waals surface area contributed by atoms with Gasteiger partial charge in [-0.25, -0.2) is 15.0 Å². The average molecular weight is 691 g/mol. The lowest BCUT2D eigenvalue weighted by molar-refractivity contribution is 0.981. The van der Waals surface area contributed by atoms with Gasteiger partial charge in [0, 0.05) is 27.8 Å². The van der Waals surface area contributed by atoms with Gasteiger partial charge in [0.25, 0.3) is 0 Å². The van der Waals surface area contributed by atoms with E-state index in [1.165, 1.54) is 66.3 Å². The maximum atomic E-state index is 5.18. The Hall–Kier alpha value is -6.91. The Bertz CT molecular complexity index is 2960. The van der Waals surface area contributed by atoms with E-state index >= 15 is 0 Å².